The minimum absolute atomic E-state index is 0.0678. The van der Waals surface area contributed by atoms with Gasteiger partial charge in [0.15, 0.2) is 9.84 Å². The van der Waals surface area contributed by atoms with Gasteiger partial charge in [0.25, 0.3) is 5.91 Å². The Morgan fingerprint density at radius 2 is 1.95 bits per heavy atom. The molecule has 1 aromatic rings. The summed E-state index contributed by atoms with van der Waals surface area (Å²) in [7, 11) is -3.37. The van der Waals surface area contributed by atoms with Crippen molar-refractivity contribution >= 4 is 27.3 Å². The minimum atomic E-state index is -3.37. The van der Waals surface area contributed by atoms with Crippen LogP contribution in [0.1, 0.15) is 37.0 Å². The lowest BCUT2D eigenvalue weighted by Crippen LogP contribution is -2.46. The molecular formula is C15H18ClNO3S. The van der Waals surface area contributed by atoms with Crippen LogP contribution in [0.25, 0.3) is 0 Å². The van der Waals surface area contributed by atoms with E-state index < -0.39 is 21.3 Å². The average Bonchev–Trinajstić information content (AvgIpc) is 2.43. The summed E-state index contributed by atoms with van der Waals surface area (Å²) in [5.41, 5.74) is -0.527. The normalized spacial score (nSPS) is 11.8. The Morgan fingerprint density at radius 3 is 2.33 bits per heavy atom. The number of terminal acetylenes is 1. The quantitative estimate of drug-likeness (QED) is 0.846. The van der Waals surface area contributed by atoms with Gasteiger partial charge >= 0.3 is 0 Å². The van der Waals surface area contributed by atoms with Crippen LogP contribution >= 0.6 is 11.6 Å². The van der Waals surface area contributed by atoms with Crippen molar-refractivity contribution in [2.24, 2.45) is 0 Å². The Morgan fingerprint density at radius 1 is 1.38 bits per heavy atom. The molecule has 0 heterocycles. The number of benzene rings is 1. The van der Waals surface area contributed by atoms with Gasteiger partial charge in [-0.1, -0.05) is 31.4 Å². The van der Waals surface area contributed by atoms with Crippen LogP contribution in [-0.4, -0.2) is 26.1 Å². The monoisotopic (exact) mass is 327 g/mol. The molecule has 0 aliphatic rings. The van der Waals surface area contributed by atoms with E-state index >= 15 is 0 Å². The molecule has 0 aliphatic carbocycles. The van der Waals surface area contributed by atoms with Gasteiger partial charge in [0.1, 0.15) is 5.54 Å². The van der Waals surface area contributed by atoms with E-state index in [1.807, 2.05) is 13.8 Å². The highest BCUT2D eigenvalue weighted by Crippen LogP contribution is 2.22. The summed E-state index contributed by atoms with van der Waals surface area (Å²) in [6.07, 6.45) is 7.75. The molecule has 114 valence electrons. The van der Waals surface area contributed by atoms with Crippen LogP contribution in [0, 0.1) is 12.3 Å². The lowest BCUT2D eigenvalue weighted by Gasteiger charge is -2.27. The van der Waals surface area contributed by atoms with E-state index in [1.165, 1.54) is 18.2 Å². The van der Waals surface area contributed by atoms with Gasteiger partial charge in [-0.15, -0.1) is 6.42 Å². The van der Waals surface area contributed by atoms with Gasteiger partial charge in [0.2, 0.25) is 0 Å². The predicted molar refractivity (Wildman–Crippen MR) is 84.2 cm³/mol. The van der Waals surface area contributed by atoms with Gasteiger partial charge in [0, 0.05) is 6.26 Å². The van der Waals surface area contributed by atoms with Gasteiger partial charge in [-0.25, -0.2) is 8.42 Å². The number of hydrogen-bond donors (Lipinski definition) is 1. The summed E-state index contributed by atoms with van der Waals surface area (Å²) in [4.78, 5) is 12.3. The molecule has 1 N–H and O–H groups in total. The van der Waals surface area contributed by atoms with Crippen LogP contribution in [0.5, 0.6) is 0 Å². The summed E-state index contributed by atoms with van der Waals surface area (Å²) < 4.78 is 22.9. The summed E-state index contributed by atoms with van der Waals surface area (Å²) >= 11 is 6.01. The highest BCUT2D eigenvalue weighted by atomic mass is 35.5. The molecule has 1 rings (SSSR count). The van der Waals surface area contributed by atoms with E-state index in [1.54, 1.807) is 0 Å². The molecule has 0 aromatic heterocycles. The second-order valence-corrected chi connectivity index (χ2v) is 7.22. The third-order valence-electron chi connectivity index (χ3n) is 3.45. The zero-order valence-electron chi connectivity index (χ0n) is 12.2. The Hall–Kier alpha value is -1.51. The number of amides is 1. The van der Waals surface area contributed by atoms with E-state index in [0.29, 0.717) is 12.8 Å². The van der Waals surface area contributed by atoms with Crippen molar-refractivity contribution in [3.63, 3.8) is 0 Å². The predicted octanol–water partition coefficient (Wildman–Crippen LogP) is 2.67. The number of hydrogen-bond acceptors (Lipinski definition) is 3. The Labute approximate surface area is 130 Å². The Balaban J connectivity index is 3.13. The SMILES string of the molecule is C#CC(CC)(CC)NC(=O)c1ccc(S(C)(=O)=O)cc1Cl. The first-order chi connectivity index (χ1) is 9.69. The Kier molecular flexibility index (Phi) is 5.43. The number of carbonyl (C=O) groups is 1. The van der Waals surface area contributed by atoms with Crippen LogP contribution in [0.4, 0.5) is 0 Å². The van der Waals surface area contributed by atoms with Gasteiger partial charge < -0.3 is 5.32 Å². The average molecular weight is 328 g/mol. The highest BCUT2D eigenvalue weighted by Gasteiger charge is 2.27. The fraction of sp³-hybridized carbons (Fsp3) is 0.400. The van der Waals surface area contributed by atoms with Crippen molar-refractivity contribution in [1.82, 2.24) is 5.32 Å². The molecule has 21 heavy (non-hydrogen) atoms. The molecule has 0 saturated heterocycles. The molecule has 1 aromatic carbocycles. The third kappa shape index (κ3) is 3.99. The van der Waals surface area contributed by atoms with Gasteiger partial charge in [-0.3, -0.25) is 4.79 Å². The first kappa shape index (κ1) is 17.5. The summed E-state index contributed by atoms with van der Waals surface area (Å²) in [5.74, 6) is 2.18. The van der Waals surface area contributed by atoms with E-state index in [2.05, 4.69) is 11.2 Å². The van der Waals surface area contributed by atoms with Crippen molar-refractivity contribution in [2.45, 2.75) is 37.1 Å². The fourth-order valence-electron chi connectivity index (χ4n) is 1.86. The van der Waals surface area contributed by atoms with E-state index in [4.69, 9.17) is 18.0 Å². The number of nitrogens with one attached hydrogen (secondary N) is 1. The van der Waals surface area contributed by atoms with Gasteiger partial charge in [-0.05, 0) is 31.0 Å². The maximum atomic E-state index is 12.3. The molecule has 0 radical (unpaired) electrons. The number of sulfone groups is 1. The standard InChI is InChI=1S/C15H18ClNO3S/c1-5-15(6-2,7-3)17-14(18)12-9-8-11(10-13(12)16)21(4,19)20/h1,8-10H,6-7H2,2-4H3,(H,17,18). The number of rotatable bonds is 5. The van der Waals surface area contributed by atoms with E-state index in [-0.39, 0.29) is 15.5 Å². The van der Waals surface area contributed by atoms with Crippen LogP contribution in [-0.2, 0) is 9.84 Å². The van der Waals surface area contributed by atoms with Crippen LogP contribution < -0.4 is 5.32 Å². The molecule has 0 aliphatic heterocycles. The summed E-state index contributed by atoms with van der Waals surface area (Å²) in [5, 5.41) is 2.86. The van der Waals surface area contributed by atoms with Crippen LogP contribution in [0.2, 0.25) is 5.02 Å². The van der Waals surface area contributed by atoms with Crippen molar-refractivity contribution in [2.75, 3.05) is 6.26 Å². The maximum absolute atomic E-state index is 12.3. The zero-order chi connectivity index (χ0) is 16.3. The topological polar surface area (TPSA) is 63.2 Å². The lowest BCUT2D eigenvalue weighted by atomic mass is 9.93. The number of halogens is 1. The van der Waals surface area contributed by atoms with Crippen molar-refractivity contribution in [3.05, 3.63) is 28.8 Å². The Bertz CT molecular complexity index is 685. The first-order valence-electron chi connectivity index (χ1n) is 6.49. The minimum Gasteiger partial charge on any atom is -0.336 e. The molecule has 0 fully saturated rings. The number of carbonyl (C=O) groups excluding carboxylic acids is 1. The molecule has 0 saturated carbocycles. The van der Waals surface area contributed by atoms with Gasteiger partial charge in [0.05, 0.1) is 15.5 Å². The maximum Gasteiger partial charge on any atom is 0.253 e. The van der Waals surface area contributed by atoms with E-state index in [9.17, 15) is 13.2 Å². The van der Waals surface area contributed by atoms with Crippen LogP contribution in [0.15, 0.2) is 23.1 Å². The van der Waals surface area contributed by atoms with Crippen molar-refractivity contribution < 1.29 is 13.2 Å². The lowest BCUT2D eigenvalue weighted by molar-refractivity contribution is 0.0916. The molecule has 0 bridgehead atoms. The molecular weight excluding hydrogens is 310 g/mol. The van der Waals surface area contributed by atoms with Crippen molar-refractivity contribution in [3.8, 4) is 12.3 Å². The summed E-state index contributed by atoms with van der Waals surface area (Å²) in [6.45, 7) is 3.77. The summed E-state index contributed by atoms with van der Waals surface area (Å²) in [6, 6.07) is 4.01. The van der Waals surface area contributed by atoms with E-state index in [0.717, 1.165) is 6.26 Å². The first-order valence-corrected chi connectivity index (χ1v) is 8.76. The second-order valence-electron chi connectivity index (χ2n) is 4.80. The second kappa shape index (κ2) is 6.50. The third-order valence-corrected chi connectivity index (χ3v) is 4.87. The molecule has 1 amide bonds. The van der Waals surface area contributed by atoms with Crippen LogP contribution in [0.3, 0.4) is 0 Å². The molecule has 6 heteroatoms. The highest BCUT2D eigenvalue weighted by molar-refractivity contribution is 7.90. The van der Waals surface area contributed by atoms with Gasteiger partial charge in [-0.2, -0.15) is 0 Å². The molecule has 4 nitrogen and oxygen atoms in total. The molecule has 0 unspecified atom stereocenters. The fourth-order valence-corrected chi connectivity index (χ4v) is 2.84. The largest absolute Gasteiger partial charge is 0.336 e. The van der Waals surface area contributed by atoms with Crippen molar-refractivity contribution in [1.29, 1.82) is 0 Å². The zero-order valence-corrected chi connectivity index (χ0v) is 13.8. The molecule has 0 spiro atoms. The molecule has 0 atom stereocenters. The smallest absolute Gasteiger partial charge is 0.253 e.